The topological polar surface area (TPSA) is 38.3 Å². The van der Waals surface area contributed by atoms with E-state index in [9.17, 15) is 4.79 Å². The zero-order valence-electron chi connectivity index (χ0n) is 13.4. The van der Waals surface area contributed by atoms with Gasteiger partial charge in [-0.2, -0.15) is 0 Å². The second kappa shape index (κ2) is 7.49. The fourth-order valence-electron chi connectivity index (χ4n) is 2.55. The quantitative estimate of drug-likeness (QED) is 0.698. The zero-order chi connectivity index (χ0) is 16.9. The molecule has 0 bridgehead atoms. The summed E-state index contributed by atoms with van der Waals surface area (Å²) in [6.45, 7) is 2.48. The van der Waals surface area contributed by atoms with Crippen molar-refractivity contribution in [1.29, 1.82) is 0 Å². The summed E-state index contributed by atoms with van der Waals surface area (Å²) >= 11 is 3.45. The van der Waals surface area contributed by atoms with Gasteiger partial charge in [-0.15, -0.1) is 0 Å². The van der Waals surface area contributed by atoms with Crippen LogP contribution in [-0.2, 0) is 11.3 Å². The summed E-state index contributed by atoms with van der Waals surface area (Å²) in [6, 6.07) is 19.9. The fraction of sp³-hybridized carbons (Fsp3) is 0.150. The molecule has 3 aromatic carbocycles. The summed E-state index contributed by atoms with van der Waals surface area (Å²) in [7, 11) is 0. The second-order valence-corrected chi connectivity index (χ2v) is 6.47. The predicted octanol–water partition coefficient (Wildman–Crippen LogP) is 4.61. The van der Waals surface area contributed by atoms with Crippen molar-refractivity contribution in [3.63, 3.8) is 0 Å². The van der Waals surface area contributed by atoms with Gasteiger partial charge in [0.1, 0.15) is 5.75 Å². The van der Waals surface area contributed by atoms with Crippen molar-refractivity contribution in [3.8, 4) is 5.75 Å². The number of benzene rings is 3. The molecule has 1 amide bonds. The van der Waals surface area contributed by atoms with Gasteiger partial charge >= 0.3 is 0 Å². The standard InChI is InChI=1S/C20H18BrNO2/c1-14-11-17(9-10-19(14)21)24-13-20(23)22-12-16-7-4-6-15-5-2-3-8-18(15)16/h2-11H,12-13H2,1H3,(H,22,23). The molecular formula is C20H18BrNO2. The van der Waals surface area contributed by atoms with Gasteiger partial charge in [-0.05, 0) is 47.0 Å². The molecule has 0 saturated heterocycles. The van der Waals surface area contributed by atoms with Crippen molar-refractivity contribution in [2.45, 2.75) is 13.5 Å². The first-order chi connectivity index (χ1) is 11.6. The summed E-state index contributed by atoms with van der Waals surface area (Å²) in [6.07, 6.45) is 0. The van der Waals surface area contributed by atoms with E-state index in [0.29, 0.717) is 12.3 Å². The molecule has 24 heavy (non-hydrogen) atoms. The smallest absolute Gasteiger partial charge is 0.258 e. The van der Waals surface area contributed by atoms with Gasteiger partial charge in [0.15, 0.2) is 6.61 Å². The van der Waals surface area contributed by atoms with Crippen LogP contribution in [0.1, 0.15) is 11.1 Å². The highest BCUT2D eigenvalue weighted by Crippen LogP contribution is 2.21. The van der Waals surface area contributed by atoms with E-state index in [0.717, 1.165) is 21.0 Å². The number of carbonyl (C=O) groups excluding carboxylic acids is 1. The number of nitrogens with one attached hydrogen (secondary N) is 1. The lowest BCUT2D eigenvalue weighted by molar-refractivity contribution is -0.123. The van der Waals surface area contributed by atoms with Crippen LogP contribution in [-0.4, -0.2) is 12.5 Å². The zero-order valence-corrected chi connectivity index (χ0v) is 15.0. The number of fused-ring (bicyclic) bond motifs is 1. The normalized spacial score (nSPS) is 10.6. The van der Waals surface area contributed by atoms with Gasteiger partial charge in [0, 0.05) is 11.0 Å². The lowest BCUT2D eigenvalue weighted by Gasteiger charge is -2.10. The number of halogens is 1. The van der Waals surface area contributed by atoms with Crippen molar-refractivity contribution in [1.82, 2.24) is 5.32 Å². The van der Waals surface area contributed by atoms with Gasteiger partial charge in [-0.25, -0.2) is 0 Å². The molecule has 3 rings (SSSR count). The van der Waals surface area contributed by atoms with Crippen LogP contribution in [0.25, 0.3) is 10.8 Å². The van der Waals surface area contributed by atoms with E-state index in [1.165, 1.54) is 5.39 Å². The molecule has 0 heterocycles. The molecule has 3 nitrogen and oxygen atoms in total. The third-order valence-corrected chi connectivity index (χ3v) is 4.75. The van der Waals surface area contributed by atoms with Crippen LogP contribution in [0.4, 0.5) is 0 Å². The summed E-state index contributed by atoms with van der Waals surface area (Å²) in [4.78, 5) is 12.0. The molecule has 0 radical (unpaired) electrons. The molecule has 0 aliphatic carbocycles. The predicted molar refractivity (Wildman–Crippen MR) is 100 cm³/mol. The average Bonchev–Trinajstić information content (AvgIpc) is 2.61. The Kier molecular flexibility index (Phi) is 5.16. The van der Waals surface area contributed by atoms with Gasteiger partial charge < -0.3 is 10.1 Å². The molecule has 0 aromatic heterocycles. The Hall–Kier alpha value is -2.33. The molecule has 4 heteroatoms. The molecular weight excluding hydrogens is 366 g/mol. The molecule has 122 valence electrons. The molecule has 0 atom stereocenters. The van der Waals surface area contributed by atoms with Crippen molar-refractivity contribution in [2.24, 2.45) is 0 Å². The SMILES string of the molecule is Cc1cc(OCC(=O)NCc2cccc3ccccc23)ccc1Br. The first-order valence-corrected chi connectivity index (χ1v) is 8.55. The maximum absolute atomic E-state index is 12.0. The van der Waals surface area contributed by atoms with Crippen molar-refractivity contribution in [3.05, 3.63) is 76.3 Å². The Morgan fingerprint density at radius 3 is 2.71 bits per heavy atom. The Labute approximate surface area is 149 Å². The third-order valence-electron chi connectivity index (χ3n) is 3.86. The average molecular weight is 384 g/mol. The molecule has 0 unspecified atom stereocenters. The van der Waals surface area contributed by atoms with E-state index in [4.69, 9.17) is 4.74 Å². The first-order valence-electron chi connectivity index (χ1n) is 7.76. The summed E-state index contributed by atoms with van der Waals surface area (Å²) in [5.41, 5.74) is 2.17. The minimum atomic E-state index is -0.136. The first kappa shape index (κ1) is 16.5. The fourth-order valence-corrected chi connectivity index (χ4v) is 2.79. The maximum atomic E-state index is 12.0. The Morgan fingerprint density at radius 1 is 1.08 bits per heavy atom. The van der Waals surface area contributed by atoms with Crippen LogP contribution in [0.15, 0.2) is 65.1 Å². The third kappa shape index (κ3) is 3.95. The molecule has 0 spiro atoms. The van der Waals surface area contributed by atoms with Crippen LogP contribution < -0.4 is 10.1 Å². The molecule has 0 aliphatic rings. The summed E-state index contributed by atoms with van der Waals surface area (Å²) in [5, 5.41) is 5.24. The molecule has 0 saturated carbocycles. The van der Waals surface area contributed by atoms with Crippen LogP contribution in [0.3, 0.4) is 0 Å². The molecule has 0 fully saturated rings. The highest BCUT2D eigenvalue weighted by molar-refractivity contribution is 9.10. The lowest BCUT2D eigenvalue weighted by Crippen LogP contribution is -2.28. The Morgan fingerprint density at radius 2 is 1.88 bits per heavy atom. The minimum Gasteiger partial charge on any atom is -0.484 e. The number of ether oxygens (including phenoxy) is 1. The van der Waals surface area contributed by atoms with Crippen LogP contribution in [0, 0.1) is 6.92 Å². The van der Waals surface area contributed by atoms with E-state index in [-0.39, 0.29) is 12.5 Å². The van der Waals surface area contributed by atoms with Crippen molar-refractivity contribution < 1.29 is 9.53 Å². The summed E-state index contributed by atoms with van der Waals surface area (Å²) < 4.78 is 6.57. The van der Waals surface area contributed by atoms with Gasteiger partial charge in [0.2, 0.25) is 0 Å². The number of hydrogen-bond donors (Lipinski definition) is 1. The Balaban J connectivity index is 1.58. The van der Waals surface area contributed by atoms with Gasteiger partial charge in [-0.1, -0.05) is 58.4 Å². The molecule has 1 N–H and O–H groups in total. The Bertz CT molecular complexity index is 871. The minimum absolute atomic E-state index is 0.00579. The number of carbonyl (C=O) groups is 1. The van der Waals surface area contributed by atoms with Crippen LogP contribution >= 0.6 is 15.9 Å². The maximum Gasteiger partial charge on any atom is 0.258 e. The van der Waals surface area contributed by atoms with Gasteiger partial charge in [0.05, 0.1) is 0 Å². The van der Waals surface area contributed by atoms with Crippen LogP contribution in [0.2, 0.25) is 0 Å². The summed E-state index contributed by atoms with van der Waals surface area (Å²) in [5.74, 6) is 0.555. The number of amides is 1. The number of aryl methyl sites for hydroxylation is 1. The van der Waals surface area contributed by atoms with E-state index in [1.54, 1.807) is 0 Å². The van der Waals surface area contributed by atoms with Crippen molar-refractivity contribution >= 4 is 32.6 Å². The highest BCUT2D eigenvalue weighted by atomic mass is 79.9. The lowest BCUT2D eigenvalue weighted by atomic mass is 10.0. The van der Waals surface area contributed by atoms with E-state index in [2.05, 4.69) is 39.4 Å². The number of rotatable bonds is 5. The van der Waals surface area contributed by atoms with Crippen molar-refractivity contribution in [2.75, 3.05) is 6.61 Å². The highest BCUT2D eigenvalue weighted by Gasteiger charge is 2.06. The molecule has 3 aromatic rings. The second-order valence-electron chi connectivity index (χ2n) is 5.61. The number of hydrogen-bond acceptors (Lipinski definition) is 2. The van der Waals surface area contributed by atoms with E-state index < -0.39 is 0 Å². The van der Waals surface area contributed by atoms with Crippen LogP contribution in [0.5, 0.6) is 5.75 Å². The van der Waals surface area contributed by atoms with E-state index >= 15 is 0 Å². The van der Waals surface area contributed by atoms with Gasteiger partial charge in [0.25, 0.3) is 5.91 Å². The molecule has 0 aliphatic heterocycles. The van der Waals surface area contributed by atoms with E-state index in [1.807, 2.05) is 49.4 Å². The largest absolute Gasteiger partial charge is 0.484 e. The van der Waals surface area contributed by atoms with Gasteiger partial charge in [-0.3, -0.25) is 4.79 Å². The monoisotopic (exact) mass is 383 g/mol.